The Balaban J connectivity index is 1.36. The standard InChI is InChI=1S/C31H32N4O2/c1-23-29(20-24-10-4-2-5-11-24)30(36)35-22-33(25-12-8-9-13-25)21-34(31(35)32-23)26-16-18-28(19-17-26)37-27-14-6-3-7-15-27/h2-7,10-11,14-19,25H,8-9,12-13,20-22H2,1H3. The van der Waals surface area contributed by atoms with E-state index in [2.05, 4.69) is 34.1 Å². The highest BCUT2D eigenvalue weighted by Crippen LogP contribution is 2.33. The molecule has 0 N–H and O–H groups in total. The van der Waals surface area contributed by atoms with Gasteiger partial charge < -0.3 is 4.74 Å². The molecule has 6 heteroatoms. The van der Waals surface area contributed by atoms with Crippen molar-refractivity contribution >= 4 is 11.6 Å². The molecule has 2 aliphatic rings. The van der Waals surface area contributed by atoms with Gasteiger partial charge in [0.25, 0.3) is 5.56 Å². The molecular weight excluding hydrogens is 460 g/mol. The molecule has 1 fully saturated rings. The zero-order valence-corrected chi connectivity index (χ0v) is 21.2. The first kappa shape index (κ1) is 23.5. The molecule has 37 heavy (non-hydrogen) atoms. The average molecular weight is 493 g/mol. The van der Waals surface area contributed by atoms with Gasteiger partial charge in [0.1, 0.15) is 11.5 Å². The molecule has 0 saturated heterocycles. The normalized spacial score (nSPS) is 16.1. The van der Waals surface area contributed by atoms with E-state index in [1.807, 2.05) is 72.2 Å². The third-order valence-electron chi connectivity index (χ3n) is 7.53. The minimum Gasteiger partial charge on any atom is -0.457 e. The summed E-state index contributed by atoms with van der Waals surface area (Å²) >= 11 is 0. The van der Waals surface area contributed by atoms with Crippen LogP contribution >= 0.6 is 0 Å². The Morgan fingerprint density at radius 1 is 0.838 bits per heavy atom. The molecule has 1 saturated carbocycles. The Labute approximate surface area is 217 Å². The second-order valence-corrected chi connectivity index (χ2v) is 10.0. The zero-order chi connectivity index (χ0) is 25.2. The first-order valence-electron chi connectivity index (χ1n) is 13.1. The number of rotatable bonds is 6. The maximum absolute atomic E-state index is 13.9. The zero-order valence-electron chi connectivity index (χ0n) is 21.2. The van der Waals surface area contributed by atoms with E-state index in [0.717, 1.165) is 34.0 Å². The van der Waals surface area contributed by atoms with Gasteiger partial charge in [0, 0.05) is 23.7 Å². The predicted octanol–water partition coefficient (Wildman–Crippen LogP) is 6.25. The maximum Gasteiger partial charge on any atom is 0.259 e. The van der Waals surface area contributed by atoms with Gasteiger partial charge >= 0.3 is 0 Å². The van der Waals surface area contributed by atoms with Crippen molar-refractivity contribution in [3.05, 3.63) is 112 Å². The van der Waals surface area contributed by atoms with Gasteiger partial charge in [-0.1, -0.05) is 61.4 Å². The second kappa shape index (κ2) is 10.2. The third kappa shape index (κ3) is 4.89. The highest BCUT2D eigenvalue weighted by Gasteiger charge is 2.32. The highest BCUT2D eigenvalue weighted by molar-refractivity contribution is 5.60. The molecule has 6 nitrogen and oxygen atoms in total. The lowest BCUT2D eigenvalue weighted by Gasteiger charge is -2.41. The lowest BCUT2D eigenvalue weighted by Crippen LogP contribution is -2.51. The van der Waals surface area contributed by atoms with Crippen molar-refractivity contribution < 1.29 is 4.74 Å². The van der Waals surface area contributed by atoms with Crippen molar-refractivity contribution in [2.75, 3.05) is 11.6 Å². The van der Waals surface area contributed by atoms with Gasteiger partial charge in [-0.05, 0) is 61.7 Å². The van der Waals surface area contributed by atoms with Gasteiger partial charge in [0.05, 0.1) is 19.0 Å². The van der Waals surface area contributed by atoms with Crippen molar-refractivity contribution in [3.8, 4) is 11.5 Å². The number of aromatic nitrogens is 2. The summed E-state index contributed by atoms with van der Waals surface area (Å²) in [5.74, 6) is 2.30. The summed E-state index contributed by atoms with van der Waals surface area (Å²) in [5.41, 5.74) is 3.75. The first-order chi connectivity index (χ1) is 18.2. The van der Waals surface area contributed by atoms with E-state index in [9.17, 15) is 4.79 Å². The third-order valence-corrected chi connectivity index (χ3v) is 7.53. The molecule has 4 aromatic rings. The van der Waals surface area contributed by atoms with Crippen LogP contribution in [0.2, 0.25) is 0 Å². The molecule has 6 rings (SSSR count). The summed E-state index contributed by atoms with van der Waals surface area (Å²) in [6.07, 6.45) is 5.45. The number of fused-ring (bicyclic) bond motifs is 1. The van der Waals surface area contributed by atoms with Crippen molar-refractivity contribution in [3.63, 3.8) is 0 Å². The van der Waals surface area contributed by atoms with E-state index in [1.165, 1.54) is 25.7 Å². The fourth-order valence-corrected chi connectivity index (χ4v) is 5.51. The number of hydrogen-bond acceptors (Lipinski definition) is 5. The van der Waals surface area contributed by atoms with Crippen molar-refractivity contribution in [2.24, 2.45) is 0 Å². The molecule has 0 bridgehead atoms. The summed E-state index contributed by atoms with van der Waals surface area (Å²) in [6.45, 7) is 3.26. The van der Waals surface area contributed by atoms with E-state index in [-0.39, 0.29) is 5.56 Å². The summed E-state index contributed by atoms with van der Waals surface area (Å²) in [5, 5.41) is 0. The predicted molar refractivity (Wildman–Crippen MR) is 147 cm³/mol. The van der Waals surface area contributed by atoms with Crippen LogP contribution in [0.4, 0.5) is 11.6 Å². The Morgan fingerprint density at radius 2 is 1.49 bits per heavy atom. The molecule has 3 aromatic carbocycles. The highest BCUT2D eigenvalue weighted by atomic mass is 16.5. The van der Waals surface area contributed by atoms with Crippen LogP contribution < -0.4 is 15.2 Å². The van der Waals surface area contributed by atoms with Crippen LogP contribution in [0.1, 0.15) is 42.5 Å². The molecule has 1 aliphatic heterocycles. The summed E-state index contributed by atoms with van der Waals surface area (Å²) in [7, 11) is 0. The van der Waals surface area contributed by atoms with Gasteiger partial charge in [0.2, 0.25) is 5.95 Å². The molecule has 0 atom stereocenters. The van der Waals surface area contributed by atoms with Crippen molar-refractivity contribution in [1.82, 2.24) is 14.5 Å². The Bertz CT molecular complexity index is 1410. The Kier molecular flexibility index (Phi) is 6.49. The van der Waals surface area contributed by atoms with Gasteiger partial charge in [-0.25, -0.2) is 4.98 Å². The van der Waals surface area contributed by atoms with Crippen LogP contribution in [-0.4, -0.2) is 27.2 Å². The molecule has 0 radical (unpaired) electrons. The van der Waals surface area contributed by atoms with E-state index in [4.69, 9.17) is 9.72 Å². The minimum atomic E-state index is 0.0584. The number of hydrogen-bond donors (Lipinski definition) is 0. The summed E-state index contributed by atoms with van der Waals surface area (Å²) in [6, 6.07) is 28.5. The molecule has 2 heterocycles. The number of para-hydroxylation sites is 1. The molecule has 0 amide bonds. The minimum absolute atomic E-state index is 0.0584. The van der Waals surface area contributed by atoms with Crippen LogP contribution in [0, 0.1) is 6.92 Å². The van der Waals surface area contributed by atoms with Crippen LogP contribution in [0.25, 0.3) is 0 Å². The fraction of sp³-hybridized carbons (Fsp3) is 0.290. The Morgan fingerprint density at radius 3 is 2.19 bits per heavy atom. The van der Waals surface area contributed by atoms with Crippen LogP contribution in [0.5, 0.6) is 11.5 Å². The molecule has 1 aliphatic carbocycles. The SMILES string of the molecule is Cc1nc2n(c(=O)c1Cc1ccccc1)CN(C1CCCC1)CN2c1ccc(Oc2ccccc2)cc1. The number of anilines is 2. The summed E-state index contributed by atoms with van der Waals surface area (Å²) < 4.78 is 7.88. The lowest BCUT2D eigenvalue weighted by molar-refractivity contribution is 0.138. The Hall–Kier alpha value is -3.90. The average Bonchev–Trinajstić information content (AvgIpc) is 3.48. The number of benzene rings is 3. The van der Waals surface area contributed by atoms with Gasteiger partial charge in [-0.2, -0.15) is 0 Å². The van der Waals surface area contributed by atoms with Crippen molar-refractivity contribution in [2.45, 2.75) is 51.7 Å². The number of aryl methyl sites for hydroxylation is 1. The van der Waals surface area contributed by atoms with E-state index < -0.39 is 0 Å². The van der Waals surface area contributed by atoms with E-state index in [0.29, 0.717) is 31.7 Å². The monoisotopic (exact) mass is 492 g/mol. The molecular formula is C31H32N4O2. The molecule has 0 unspecified atom stereocenters. The molecule has 0 spiro atoms. The second-order valence-electron chi connectivity index (χ2n) is 10.0. The van der Waals surface area contributed by atoms with Crippen LogP contribution in [0.3, 0.4) is 0 Å². The smallest absolute Gasteiger partial charge is 0.259 e. The van der Waals surface area contributed by atoms with Gasteiger partial charge in [-0.15, -0.1) is 0 Å². The summed E-state index contributed by atoms with van der Waals surface area (Å²) in [4.78, 5) is 23.5. The molecule has 1 aromatic heterocycles. The lowest BCUT2D eigenvalue weighted by atomic mass is 10.1. The largest absolute Gasteiger partial charge is 0.457 e. The van der Waals surface area contributed by atoms with E-state index >= 15 is 0 Å². The van der Waals surface area contributed by atoms with Gasteiger partial charge in [-0.3, -0.25) is 19.2 Å². The topological polar surface area (TPSA) is 50.6 Å². The van der Waals surface area contributed by atoms with Gasteiger partial charge in [0.15, 0.2) is 0 Å². The first-order valence-corrected chi connectivity index (χ1v) is 13.1. The van der Waals surface area contributed by atoms with Crippen molar-refractivity contribution in [1.29, 1.82) is 0 Å². The number of nitrogens with zero attached hydrogens (tertiary/aromatic N) is 4. The molecule has 188 valence electrons. The quantitative estimate of drug-likeness (QED) is 0.319. The van der Waals surface area contributed by atoms with E-state index in [1.54, 1.807) is 0 Å². The maximum atomic E-state index is 13.9. The van der Waals surface area contributed by atoms with Crippen LogP contribution in [0.15, 0.2) is 89.7 Å². The van der Waals surface area contributed by atoms with Crippen LogP contribution in [-0.2, 0) is 13.1 Å². The number of ether oxygens (including phenoxy) is 1. The fourth-order valence-electron chi connectivity index (χ4n) is 5.51.